The molecule has 0 saturated carbocycles. The van der Waals surface area contributed by atoms with Crippen LogP contribution in [0.2, 0.25) is 0 Å². The minimum absolute atomic E-state index is 0. The zero-order chi connectivity index (χ0) is 31.0. The molecule has 0 aliphatic carbocycles. The van der Waals surface area contributed by atoms with E-state index in [9.17, 15) is 0 Å². The van der Waals surface area contributed by atoms with Crippen molar-refractivity contribution in [2.24, 2.45) is 0 Å². The summed E-state index contributed by atoms with van der Waals surface area (Å²) < 4.78 is 1.99. The van der Waals surface area contributed by atoms with E-state index in [1.165, 1.54) is 316 Å². The van der Waals surface area contributed by atoms with Crippen molar-refractivity contribution in [3.8, 4) is 0 Å². The van der Waals surface area contributed by atoms with Crippen molar-refractivity contribution >= 4 is 388 Å². The summed E-state index contributed by atoms with van der Waals surface area (Å²) in [5, 5.41) is 0.711. The molecule has 0 aliphatic rings. The van der Waals surface area contributed by atoms with Gasteiger partial charge in [-0.15, -0.1) is 0 Å². The third kappa shape index (κ3) is 52.2. The second-order valence-corrected chi connectivity index (χ2v) is 7.22. The number of hydrogen-bond donors (Lipinski definition) is 3. The predicted molar refractivity (Wildman–Crippen MR) is 189 cm³/mol. The Balaban J connectivity index is -0.0000000394. The third-order valence-corrected chi connectivity index (χ3v) is 3.94. The summed E-state index contributed by atoms with van der Waals surface area (Å²) in [7, 11) is 0. The molecule has 0 amide bonds. The maximum atomic E-state index is 5.76. The zero-order valence-electron chi connectivity index (χ0n) is 30.3. The van der Waals surface area contributed by atoms with Gasteiger partial charge in [-0.05, 0) is 49.4 Å². The first-order valence-electron chi connectivity index (χ1n) is 13.6. The van der Waals surface area contributed by atoms with Crippen LogP contribution < -0.4 is 114 Å². The van der Waals surface area contributed by atoms with Gasteiger partial charge < -0.3 is 19.3 Å². The van der Waals surface area contributed by atoms with E-state index in [0.29, 0.717) is 16.4 Å². The molecule has 0 bridgehead atoms. The van der Waals surface area contributed by atoms with Gasteiger partial charge in [0.25, 0.3) is 0 Å². The SMILES string of the molecule is CC.CC.CC(Cl)=Cc1nc2ccc(Br)cc2[nH]1.Nc1ccc(Br)cc1N.[H-].[H-].[K+].[K+].[K][K].[K][K].[K][K].[K][K].[K][K]. The van der Waals surface area contributed by atoms with Crippen LogP contribution in [0.15, 0.2) is 50.4 Å². The van der Waals surface area contributed by atoms with Gasteiger partial charge >= 0.3 is 419 Å². The van der Waals surface area contributed by atoms with Crippen LogP contribution in [-0.4, -0.2) is 326 Å². The molecular formula is C20H29Br2ClK12N4. The molecule has 3 rings (SSSR count). The second-order valence-electron chi connectivity index (χ2n) is 4.79. The fourth-order valence-corrected chi connectivity index (χ4v) is 2.65. The van der Waals surface area contributed by atoms with Crippen LogP contribution in [0.25, 0.3) is 17.1 Å². The Morgan fingerprint density at radius 3 is 1.51 bits per heavy atom. The Kier molecular flexibility index (Phi) is 125. The molecule has 0 atom stereocenters. The molecule has 162 valence electrons. The maximum absolute atomic E-state index is 5.76. The van der Waals surface area contributed by atoms with E-state index >= 15 is 0 Å². The Labute approximate surface area is 575 Å². The van der Waals surface area contributed by atoms with Crippen molar-refractivity contribution < 1.29 is 106 Å². The van der Waals surface area contributed by atoms with Crippen LogP contribution in [0, 0.1) is 0 Å². The fraction of sp³-hybridized carbons (Fsp3) is 0.250. The number of H-pyrrole nitrogens is 1. The number of halogens is 3. The van der Waals surface area contributed by atoms with Crippen molar-refractivity contribution in [3.63, 3.8) is 0 Å². The molecule has 4 nitrogen and oxygen atoms in total. The van der Waals surface area contributed by atoms with Crippen LogP contribution in [0.1, 0.15) is 43.3 Å². The van der Waals surface area contributed by atoms with E-state index in [-0.39, 0.29) is 106 Å². The van der Waals surface area contributed by atoms with Gasteiger partial charge in [-0.3, -0.25) is 0 Å². The number of fused-ring (bicyclic) bond motifs is 1. The summed E-state index contributed by atoms with van der Waals surface area (Å²) in [6.45, 7) is 9.82. The van der Waals surface area contributed by atoms with Crippen molar-refractivity contribution in [1.82, 2.24) is 9.97 Å². The van der Waals surface area contributed by atoms with Crippen LogP contribution in [-0.2, 0) is 0 Å². The molecule has 1 heterocycles. The number of anilines is 2. The molecule has 19 heteroatoms. The Morgan fingerprint density at radius 1 is 0.769 bits per heavy atom. The first kappa shape index (κ1) is 74.6. The molecule has 1 aromatic heterocycles. The molecule has 0 spiro atoms. The number of rotatable bonds is 1. The third-order valence-electron chi connectivity index (χ3n) is 2.85. The van der Waals surface area contributed by atoms with Gasteiger partial charge in [0.1, 0.15) is 5.82 Å². The first-order valence-corrected chi connectivity index (χ1v) is 95.6. The van der Waals surface area contributed by atoms with Crippen LogP contribution in [0.3, 0.4) is 0 Å². The van der Waals surface area contributed by atoms with E-state index in [1.54, 1.807) is 18.2 Å². The fourth-order valence-electron chi connectivity index (χ4n) is 1.80. The minimum atomic E-state index is 0. The Bertz CT molecular complexity index is 903. The number of nitrogens with two attached hydrogens (primary N) is 2. The Hall–Kier alpha value is 18.1. The number of hydrogen-bond acceptors (Lipinski definition) is 3. The van der Waals surface area contributed by atoms with Crippen LogP contribution >= 0.6 is 43.5 Å². The summed E-state index contributed by atoms with van der Waals surface area (Å²) in [6, 6.07) is 11.3. The molecule has 0 unspecified atom stereocenters. The van der Waals surface area contributed by atoms with Gasteiger partial charge in [-0.25, -0.2) is 4.98 Å². The van der Waals surface area contributed by atoms with E-state index < -0.39 is 0 Å². The van der Waals surface area contributed by atoms with Gasteiger partial charge in [-0.1, -0.05) is 71.2 Å². The number of benzene rings is 2. The number of nitrogen functional groups attached to an aromatic ring is 2. The molecule has 0 fully saturated rings. The second kappa shape index (κ2) is 65.3. The van der Waals surface area contributed by atoms with Gasteiger partial charge in [0, 0.05) is 14.0 Å². The molecule has 0 aliphatic heterocycles. The van der Waals surface area contributed by atoms with E-state index in [4.69, 9.17) is 23.1 Å². The quantitative estimate of drug-likeness (QED) is 0.196. The Morgan fingerprint density at radius 2 is 1.15 bits per heavy atom. The average Bonchev–Trinajstić information content (AvgIpc) is 3.35. The van der Waals surface area contributed by atoms with Crippen molar-refractivity contribution in [1.29, 1.82) is 0 Å². The number of aromatic amines is 1. The molecule has 5 N–H and O–H groups in total. The topological polar surface area (TPSA) is 80.7 Å². The number of nitrogens with one attached hydrogen (secondary N) is 1. The van der Waals surface area contributed by atoms with E-state index in [1.807, 2.05) is 58.9 Å². The zero-order valence-corrected chi connectivity index (χ0v) is 69.7. The molecule has 0 saturated heterocycles. The molecule has 0 radical (unpaired) electrons. The monoisotopic (exact) mass is 986 g/mol. The summed E-state index contributed by atoms with van der Waals surface area (Å²) in [5.74, 6) is 0.783. The predicted octanol–water partition coefficient (Wildman–Crippen LogP) is -1.98. The molecule has 39 heavy (non-hydrogen) atoms. The number of allylic oxidation sites excluding steroid dienone is 1. The molecule has 3 aromatic rings. The van der Waals surface area contributed by atoms with E-state index in [2.05, 4.69) is 41.8 Å². The first-order chi connectivity index (χ1) is 17.8. The van der Waals surface area contributed by atoms with Gasteiger partial charge in [0.2, 0.25) is 0 Å². The summed E-state index contributed by atoms with van der Waals surface area (Å²) in [4.78, 5) is 7.52. The molecule has 2 aromatic carbocycles. The van der Waals surface area contributed by atoms with Crippen molar-refractivity contribution in [2.45, 2.75) is 34.6 Å². The number of aromatic nitrogens is 2. The average molecular weight is 990 g/mol. The van der Waals surface area contributed by atoms with Gasteiger partial charge in [0.15, 0.2) is 0 Å². The molecular weight excluding hydrogens is 961 g/mol. The van der Waals surface area contributed by atoms with Gasteiger partial charge in [-0.2, -0.15) is 0 Å². The van der Waals surface area contributed by atoms with Crippen LogP contribution in [0.4, 0.5) is 11.4 Å². The standard InChI is InChI=1S/C10H8BrClN2.C6H7BrN2.2C2H6.12K.2H/c1-6(12)4-10-13-8-3-2-7(11)5-9(8)14-10;7-4-1-2-5(8)6(9)3-4;2*1-2;;;;;;;;;;;;;;/h2-5H,1H3,(H,13,14);1-3H,8-9H2;2*1-2H3;;;;;;;;;;;;;;/q;;;;;;;;;;;;;;2*+1;2*-1. The van der Waals surface area contributed by atoms with Crippen molar-refractivity contribution in [2.75, 3.05) is 11.5 Å². The number of imidazole rings is 1. The summed E-state index contributed by atoms with van der Waals surface area (Å²) >= 11 is 24.9. The van der Waals surface area contributed by atoms with Crippen molar-refractivity contribution in [3.05, 3.63) is 56.2 Å². The number of nitrogens with zero attached hydrogens (tertiary/aromatic N) is 1. The normalized spacial score (nSPS) is 7.95. The van der Waals surface area contributed by atoms with E-state index in [0.717, 1.165) is 25.8 Å². The summed E-state index contributed by atoms with van der Waals surface area (Å²) in [6.07, 6.45) is 1.80. The van der Waals surface area contributed by atoms with Gasteiger partial charge in [0.05, 0.1) is 22.4 Å². The van der Waals surface area contributed by atoms with Crippen LogP contribution in [0.5, 0.6) is 0 Å². The summed E-state index contributed by atoms with van der Waals surface area (Å²) in [5.41, 5.74) is 14.1.